The minimum atomic E-state index is -0.364. The summed E-state index contributed by atoms with van der Waals surface area (Å²) >= 11 is 0. The maximum Gasteiger partial charge on any atom is 0.315 e. The molecule has 1 atom stereocenters. The third-order valence-corrected chi connectivity index (χ3v) is 4.27. The number of H-pyrrole nitrogens is 1. The number of para-hydroxylation sites is 1. The fourth-order valence-corrected chi connectivity index (χ4v) is 3.07. The van der Waals surface area contributed by atoms with Gasteiger partial charge in [0.25, 0.3) is 0 Å². The summed E-state index contributed by atoms with van der Waals surface area (Å²) in [5.41, 5.74) is 4.05. The number of carbonyl (C=O) groups is 2. The second-order valence-electron chi connectivity index (χ2n) is 5.87. The zero-order valence-corrected chi connectivity index (χ0v) is 13.9. The van der Waals surface area contributed by atoms with Crippen molar-refractivity contribution in [2.24, 2.45) is 0 Å². The van der Waals surface area contributed by atoms with E-state index in [1.165, 1.54) is 7.11 Å². The molecule has 0 aliphatic carbocycles. The number of carbonyl (C=O) groups excluding carboxylic acids is 2. The quantitative estimate of drug-likeness (QED) is 0.835. The van der Waals surface area contributed by atoms with Crippen LogP contribution < -0.4 is 10.2 Å². The smallest absolute Gasteiger partial charge is 0.315 e. The van der Waals surface area contributed by atoms with Crippen molar-refractivity contribution < 1.29 is 14.3 Å². The summed E-state index contributed by atoms with van der Waals surface area (Å²) in [6.07, 6.45) is 0. The van der Waals surface area contributed by atoms with Crippen molar-refractivity contribution in [2.45, 2.75) is 19.8 Å². The molecule has 0 spiro atoms. The predicted molar refractivity (Wildman–Crippen MR) is 90.1 cm³/mol. The Balaban J connectivity index is 1.76. The first-order chi connectivity index (χ1) is 11.5. The third kappa shape index (κ3) is 2.84. The van der Waals surface area contributed by atoms with E-state index < -0.39 is 0 Å². The van der Waals surface area contributed by atoms with Crippen LogP contribution in [0.1, 0.15) is 22.9 Å². The molecule has 7 nitrogen and oxygen atoms in total. The van der Waals surface area contributed by atoms with Gasteiger partial charge in [-0.15, -0.1) is 0 Å². The molecule has 0 saturated carbocycles. The van der Waals surface area contributed by atoms with Crippen molar-refractivity contribution in [1.29, 1.82) is 0 Å². The van der Waals surface area contributed by atoms with Crippen LogP contribution in [0.3, 0.4) is 0 Å². The molecule has 0 saturated heterocycles. The lowest BCUT2D eigenvalue weighted by Gasteiger charge is -2.19. The van der Waals surface area contributed by atoms with E-state index in [4.69, 9.17) is 4.74 Å². The number of methoxy groups -OCH3 is 1. The van der Waals surface area contributed by atoms with Crippen molar-refractivity contribution in [2.75, 3.05) is 30.4 Å². The molecule has 126 valence electrons. The summed E-state index contributed by atoms with van der Waals surface area (Å²) in [6, 6.07) is 7.60. The van der Waals surface area contributed by atoms with Gasteiger partial charge < -0.3 is 15.0 Å². The highest BCUT2D eigenvalue weighted by molar-refractivity contribution is 5.96. The Morgan fingerprint density at radius 2 is 2.12 bits per heavy atom. The monoisotopic (exact) mass is 328 g/mol. The summed E-state index contributed by atoms with van der Waals surface area (Å²) < 4.78 is 4.88. The Bertz CT molecular complexity index is 764. The Hall–Kier alpha value is -2.83. The number of amides is 1. The molecule has 24 heavy (non-hydrogen) atoms. The highest BCUT2D eigenvalue weighted by Crippen LogP contribution is 2.36. The Labute approximate surface area is 140 Å². The number of rotatable bonds is 4. The van der Waals surface area contributed by atoms with Crippen molar-refractivity contribution in [1.82, 2.24) is 10.2 Å². The molecule has 1 aromatic carbocycles. The second-order valence-corrected chi connectivity index (χ2v) is 5.87. The van der Waals surface area contributed by atoms with Gasteiger partial charge >= 0.3 is 5.97 Å². The second kappa shape index (κ2) is 6.35. The summed E-state index contributed by atoms with van der Waals surface area (Å²) in [5.74, 6) is -0.800. The molecular formula is C17H20N4O3. The van der Waals surface area contributed by atoms with Gasteiger partial charge in [0.2, 0.25) is 5.91 Å². The van der Waals surface area contributed by atoms with Crippen LogP contribution in [0.5, 0.6) is 0 Å². The van der Waals surface area contributed by atoms with Crippen molar-refractivity contribution in [3.63, 3.8) is 0 Å². The Morgan fingerprint density at radius 3 is 2.79 bits per heavy atom. The minimum Gasteiger partial charge on any atom is -0.468 e. The molecule has 0 radical (unpaired) electrons. The van der Waals surface area contributed by atoms with Crippen molar-refractivity contribution in [3.8, 4) is 0 Å². The van der Waals surface area contributed by atoms with E-state index in [-0.39, 0.29) is 24.3 Å². The number of hydrogen-bond donors (Lipinski definition) is 2. The van der Waals surface area contributed by atoms with Gasteiger partial charge in [-0.3, -0.25) is 14.7 Å². The number of hydrogen-bond acceptors (Lipinski definition) is 5. The molecule has 2 heterocycles. The molecule has 3 rings (SSSR count). The van der Waals surface area contributed by atoms with E-state index in [1.807, 2.05) is 43.0 Å². The van der Waals surface area contributed by atoms with E-state index in [0.717, 1.165) is 22.6 Å². The lowest BCUT2D eigenvalue weighted by molar-refractivity contribution is -0.142. The number of aryl methyl sites for hydroxylation is 2. The third-order valence-electron chi connectivity index (χ3n) is 4.27. The topological polar surface area (TPSA) is 87.3 Å². The van der Waals surface area contributed by atoms with Crippen LogP contribution in [0.15, 0.2) is 24.3 Å². The lowest BCUT2D eigenvalue weighted by atomic mass is 10.0. The van der Waals surface area contributed by atoms with Crippen LogP contribution in [0.2, 0.25) is 0 Å². The number of anilines is 2. The molecule has 2 aromatic rings. The minimum absolute atomic E-state index is 0.150. The standard InChI is InChI=1S/C17H20N4O3/c1-10-16(11(2)20-19-10)18-15(22)9-21-8-13(17(23)24-3)12-6-4-5-7-14(12)21/h4-7,13H,8-9H2,1-3H3,(H,18,22)(H,19,20)/t13-/m0/s1. The normalized spacial score (nSPS) is 16.0. The van der Waals surface area contributed by atoms with Crippen LogP contribution in [0.4, 0.5) is 11.4 Å². The van der Waals surface area contributed by atoms with E-state index in [2.05, 4.69) is 15.5 Å². The number of aromatic nitrogens is 2. The summed E-state index contributed by atoms with van der Waals surface area (Å²) in [7, 11) is 1.38. The Kier molecular flexibility index (Phi) is 4.24. The fraction of sp³-hybridized carbons (Fsp3) is 0.353. The van der Waals surface area contributed by atoms with Gasteiger partial charge in [0.1, 0.15) is 5.92 Å². The van der Waals surface area contributed by atoms with Gasteiger partial charge in [0, 0.05) is 12.2 Å². The number of aromatic amines is 1. The van der Waals surface area contributed by atoms with Gasteiger partial charge in [0.15, 0.2) is 0 Å². The van der Waals surface area contributed by atoms with E-state index >= 15 is 0 Å². The van der Waals surface area contributed by atoms with E-state index in [0.29, 0.717) is 12.2 Å². The number of benzene rings is 1. The zero-order valence-electron chi connectivity index (χ0n) is 13.9. The molecule has 0 unspecified atom stereocenters. The first kappa shape index (κ1) is 16.0. The largest absolute Gasteiger partial charge is 0.468 e. The van der Waals surface area contributed by atoms with E-state index in [9.17, 15) is 9.59 Å². The molecule has 1 aliphatic rings. The number of nitrogens with one attached hydrogen (secondary N) is 2. The van der Waals surface area contributed by atoms with Crippen LogP contribution in [0.25, 0.3) is 0 Å². The maximum atomic E-state index is 12.4. The first-order valence-corrected chi connectivity index (χ1v) is 7.74. The van der Waals surface area contributed by atoms with Gasteiger partial charge in [-0.05, 0) is 25.5 Å². The number of ether oxygens (including phenoxy) is 1. The van der Waals surface area contributed by atoms with Crippen LogP contribution in [-0.2, 0) is 14.3 Å². The van der Waals surface area contributed by atoms with Gasteiger partial charge in [0.05, 0.1) is 30.7 Å². The molecule has 0 fully saturated rings. The average Bonchev–Trinajstić information content (AvgIpc) is 3.09. The van der Waals surface area contributed by atoms with E-state index in [1.54, 1.807) is 0 Å². The number of esters is 1. The first-order valence-electron chi connectivity index (χ1n) is 7.74. The number of fused-ring (bicyclic) bond motifs is 1. The lowest BCUT2D eigenvalue weighted by Crippen LogP contribution is -2.33. The SMILES string of the molecule is COC(=O)[C@H]1CN(CC(=O)Nc2c(C)n[nH]c2C)c2ccccc21. The highest BCUT2D eigenvalue weighted by atomic mass is 16.5. The summed E-state index contributed by atoms with van der Waals surface area (Å²) in [6.45, 7) is 4.28. The maximum absolute atomic E-state index is 12.4. The molecular weight excluding hydrogens is 308 g/mol. The van der Waals surface area contributed by atoms with Crippen LogP contribution in [-0.4, -0.2) is 42.3 Å². The molecule has 1 amide bonds. The summed E-state index contributed by atoms with van der Waals surface area (Å²) in [5, 5.41) is 9.79. The fourth-order valence-electron chi connectivity index (χ4n) is 3.07. The highest BCUT2D eigenvalue weighted by Gasteiger charge is 2.34. The van der Waals surface area contributed by atoms with Gasteiger partial charge in [-0.25, -0.2) is 0 Å². The number of nitrogens with zero attached hydrogens (tertiary/aromatic N) is 2. The van der Waals surface area contributed by atoms with Crippen molar-refractivity contribution in [3.05, 3.63) is 41.2 Å². The molecule has 0 bridgehead atoms. The molecule has 1 aliphatic heterocycles. The molecule has 2 N–H and O–H groups in total. The van der Waals surface area contributed by atoms with Gasteiger partial charge in [-0.1, -0.05) is 18.2 Å². The summed E-state index contributed by atoms with van der Waals surface area (Å²) in [4.78, 5) is 26.3. The molecule has 1 aromatic heterocycles. The van der Waals surface area contributed by atoms with Crippen LogP contribution in [0, 0.1) is 13.8 Å². The van der Waals surface area contributed by atoms with Crippen molar-refractivity contribution >= 4 is 23.3 Å². The van der Waals surface area contributed by atoms with Gasteiger partial charge in [-0.2, -0.15) is 5.10 Å². The molecule has 7 heteroatoms. The van der Waals surface area contributed by atoms with Crippen LogP contribution >= 0.6 is 0 Å². The Morgan fingerprint density at radius 1 is 1.38 bits per heavy atom. The predicted octanol–water partition coefficient (Wildman–Crippen LogP) is 1.74. The average molecular weight is 328 g/mol. The zero-order chi connectivity index (χ0) is 17.3.